The second kappa shape index (κ2) is 9.39. The second-order valence-electron chi connectivity index (χ2n) is 7.13. The summed E-state index contributed by atoms with van der Waals surface area (Å²) >= 11 is 5.91. The molecule has 1 aromatic carbocycles. The van der Waals surface area contributed by atoms with Crippen LogP contribution in [0.5, 0.6) is 0 Å². The molecule has 0 unspecified atom stereocenters. The quantitative estimate of drug-likeness (QED) is 0.569. The maximum Gasteiger partial charge on any atom is 0.319 e. The van der Waals surface area contributed by atoms with Crippen LogP contribution in [-0.4, -0.2) is 48.4 Å². The van der Waals surface area contributed by atoms with Crippen LogP contribution in [0.2, 0.25) is 5.02 Å². The molecule has 4 N–H and O–H groups in total. The number of anilines is 1. The van der Waals surface area contributed by atoms with E-state index >= 15 is 0 Å². The van der Waals surface area contributed by atoms with E-state index < -0.39 is 6.10 Å². The minimum atomic E-state index is -0.465. The van der Waals surface area contributed by atoms with Crippen LogP contribution in [0.1, 0.15) is 32.1 Å². The van der Waals surface area contributed by atoms with Crippen molar-refractivity contribution in [3.05, 3.63) is 29.3 Å². The van der Waals surface area contributed by atoms with Crippen molar-refractivity contribution in [3.8, 4) is 0 Å². The lowest BCUT2D eigenvalue weighted by molar-refractivity contribution is -0.122. The summed E-state index contributed by atoms with van der Waals surface area (Å²) in [4.78, 5) is 23.9. The third-order valence-corrected chi connectivity index (χ3v) is 5.14. The van der Waals surface area contributed by atoms with E-state index in [9.17, 15) is 14.7 Å². The van der Waals surface area contributed by atoms with Crippen molar-refractivity contribution in [2.75, 3.05) is 18.5 Å². The largest absolute Gasteiger partial charge is 0.394 e. The summed E-state index contributed by atoms with van der Waals surface area (Å²) in [7, 11) is 0. The van der Waals surface area contributed by atoms with Gasteiger partial charge in [0.1, 0.15) is 6.10 Å². The number of amides is 3. The van der Waals surface area contributed by atoms with Gasteiger partial charge >= 0.3 is 6.03 Å². The molecule has 1 saturated heterocycles. The Labute approximate surface area is 163 Å². The summed E-state index contributed by atoms with van der Waals surface area (Å²) in [6.45, 7) is 0.401. The molecule has 0 bridgehead atoms. The highest BCUT2D eigenvalue weighted by atomic mass is 35.5. The summed E-state index contributed by atoms with van der Waals surface area (Å²) in [5.74, 6) is 0.329. The molecule has 7 nitrogen and oxygen atoms in total. The number of carbonyl (C=O) groups excluding carboxylic acids is 2. The Hall–Kier alpha value is -1.83. The Bertz CT molecular complexity index is 668. The molecule has 3 atom stereocenters. The molecule has 1 aromatic rings. The lowest BCUT2D eigenvalue weighted by atomic mass is 9.97. The van der Waals surface area contributed by atoms with Gasteiger partial charge in [-0.15, -0.1) is 0 Å². The number of aliphatic hydroxyl groups is 1. The van der Waals surface area contributed by atoms with Gasteiger partial charge in [-0.3, -0.25) is 4.79 Å². The Kier molecular flexibility index (Phi) is 6.93. The van der Waals surface area contributed by atoms with Crippen LogP contribution in [0.25, 0.3) is 0 Å². The Morgan fingerprint density at radius 2 is 2.04 bits per heavy atom. The van der Waals surface area contributed by atoms with Crippen molar-refractivity contribution >= 4 is 29.2 Å². The van der Waals surface area contributed by atoms with Gasteiger partial charge in [0, 0.05) is 23.2 Å². The second-order valence-corrected chi connectivity index (χ2v) is 7.56. The van der Waals surface area contributed by atoms with E-state index in [-0.39, 0.29) is 36.6 Å². The number of hydrogen-bond acceptors (Lipinski definition) is 4. The summed E-state index contributed by atoms with van der Waals surface area (Å²) < 4.78 is 5.91. The molecule has 2 aliphatic rings. The molecule has 0 spiro atoms. The van der Waals surface area contributed by atoms with Gasteiger partial charge in [-0.1, -0.05) is 17.7 Å². The van der Waals surface area contributed by atoms with E-state index in [0.717, 1.165) is 19.3 Å². The zero-order chi connectivity index (χ0) is 19.2. The number of nitrogens with one attached hydrogen (secondary N) is 3. The van der Waals surface area contributed by atoms with E-state index in [4.69, 9.17) is 16.3 Å². The minimum Gasteiger partial charge on any atom is -0.394 e. The van der Waals surface area contributed by atoms with E-state index in [1.54, 1.807) is 24.3 Å². The summed E-state index contributed by atoms with van der Waals surface area (Å²) in [6, 6.07) is 6.26. The molecule has 1 aliphatic heterocycles. The van der Waals surface area contributed by atoms with Crippen LogP contribution in [-0.2, 0) is 9.53 Å². The number of rotatable bonds is 7. The van der Waals surface area contributed by atoms with Crippen molar-refractivity contribution < 1.29 is 19.4 Å². The Morgan fingerprint density at radius 3 is 2.74 bits per heavy atom. The van der Waals surface area contributed by atoms with Crippen LogP contribution in [0, 0.1) is 5.92 Å². The maximum atomic E-state index is 12.2. The minimum absolute atomic E-state index is 0.0318. The van der Waals surface area contributed by atoms with Crippen molar-refractivity contribution in [1.29, 1.82) is 0 Å². The molecule has 0 aromatic heterocycles. The molecular formula is C19H26ClN3O4. The fraction of sp³-hybridized carbons (Fsp3) is 0.579. The SMILES string of the molecule is O=C(Nc1cccc(Cl)c1)N[C@H]1CC[C@H](CCNC(=O)C2CC2)O[C@@H]1CO. The molecule has 3 rings (SSSR count). The van der Waals surface area contributed by atoms with Crippen LogP contribution in [0.4, 0.5) is 10.5 Å². The van der Waals surface area contributed by atoms with Gasteiger partial charge in [-0.2, -0.15) is 0 Å². The molecule has 1 heterocycles. The highest BCUT2D eigenvalue weighted by Crippen LogP contribution is 2.29. The number of urea groups is 1. The first-order valence-electron chi connectivity index (χ1n) is 9.42. The Balaban J connectivity index is 1.42. The zero-order valence-corrected chi connectivity index (χ0v) is 15.9. The van der Waals surface area contributed by atoms with Crippen molar-refractivity contribution in [1.82, 2.24) is 10.6 Å². The zero-order valence-electron chi connectivity index (χ0n) is 15.1. The first kappa shape index (κ1) is 19.9. The van der Waals surface area contributed by atoms with Crippen LogP contribution in [0.3, 0.4) is 0 Å². The average molecular weight is 396 g/mol. The number of benzene rings is 1. The van der Waals surface area contributed by atoms with Gasteiger partial charge < -0.3 is 25.8 Å². The van der Waals surface area contributed by atoms with E-state index in [0.29, 0.717) is 30.1 Å². The molecule has 1 saturated carbocycles. The van der Waals surface area contributed by atoms with Crippen molar-refractivity contribution in [2.24, 2.45) is 5.92 Å². The molecule has 3 amide bonds. The molecule has 148 valence electrons. The fourth-order valence-corrected chi connectivity index (χ4v) is 3.45. The standard InChI is InChI=1S/C19H26ClN3O4/c20-13-2-1-3-14(10-13)22-19(26)23-16-7-6-15(27-17(16)11-24)8-9-21-18(25)12-4-5-12/h1-3,10,12,15-17,24H,4-9,11H2,(H,21,25)(H2,22,23,26)/t15-,16+,17-/m1/s1. The van der Waals surface area contributed by atoms with Crippen LogP contribution < -0.4 is 16.0 Å². The molecule has 0 radical (unpaired) electrons. The summed E-state index contributed by atoms with van der Waals surface area (Å²) in [5.41, 5.74) is 0.599. The normalized spacial score (nSPS) is 24.9. The van der Waals surface area contributed by atoms with Crippen LogP contribution >= 0.6 is 11.6 Å². The highest BCUT2D eigenvalue weighted by molar-refractivity contribution is 6.30. The van der Waals surface area contributed by atoms with E-state index in [2.05, 4.69) is 16.0 Å². The van der Waals surface area contributed by atoms with Gasteiger partial charge in [0.05, 0.1) is 18.8 Å². The number of ether oxygens (including phenoxy) is 1. The topological polar surface area (TPSA) is 99.7 Å². The van der Waals surface area contributed by atoms with Gasteiger partial charge in [0.2, 0.25) is 5.91 Å². The molecule has 8 heteroatoms. The monoisotopic (exact) mass is 395 g/mol. The van der Waals surface area contributed by atoms with Gasteiger partial charge in [0.25, 0.3) is 0 Å². The van der Waals surface area contributed by atoms with E-state index in [1.807, 2.05) is 0 Å². The Morgan fingerprint density at radius 1 is 1.22 bits per heavy atom. The molecule has 27 heavy (non-hydrogen) atoms. The number of carbonyl (C=O) groups is 2. The highest BCUT2D eigenvalue weighted by Gasteiger charge is 2.32. The summed E-state index contributed by atoms with van der Waals surface area (Å²) in [6.07, 6.45) is 3.65. The van der Waals surface area contributed by atoms with Gasteiger partial charge in [-0.05, 0) is 50.3 Å². The van der Waals surface area contributed by atoms with Gasteiger partial charge in [-0.25, -0.2) is 4.79 Å². The molecule has 2 fully saturated rings. The predicted molar refractivity (Wildman–Crippen MR) is 103 cm³/mol. The van der Waals surface area contributed by atoms with Crippen molar-refractivity contribution in [2.45, 2.75) is 50.4 Å². The lowest BCUT2D eigenvalue weighted by Gasteiger charge is -2.36. The van der Waals surface area contributed by atoms with Gasteiger partial charge in [0.15, 0.2) is 0 Å². The summed E-state index contributed by atoms with van der Waals surface area (Å²) in [5, 5.41) is 18.7. The maximum absolute atomic E-state index is 12.2. The van der Waals surface area contributed by atoms with Crippen molar-refractivity contribution in [3.63, 3.8) is 0 Å². The fourth-order valence-electron chi connectivity index (χ4n) is 3.26. The molecular weight excluding hydrogens is 370 g/mol. The number of aliphatic hydroxyl groups excluding tert-OH is 1. The smallest absolute Gasteiger partial charge is 0.319 e. The lowest BCUT2D eigenvalue weighted by Crippen LogP contribution is -2.52. The first-order chi connectivity index (χ1) is 13.0. The predicted octanol–water partition coefficient (Wildman–Crippen LogP) is 2.29. The number of hydrogen-bond donors (Lipinski definition) is 4. The average Bonchev–Trinajstić information content (AvgIpc) is 3.48. The first-order valence-corrected chi connectivity index (χ1v) is 9.80. The third kappa shape index (κ3) is 6.09. The third-order valence-electron chi connectivity index (χ3n) is 4.91. The van der Waals surface area contributed by atoms with Crippen LogP contribution in [0.15, 0.2) is 24.3 Å². The van der Waals surface area contributed by atoms with E-state index in [1.165, 1.54) is 0 Å². The molecule has 1 aliphatic carbocycles. The number of halogens is 1.